The lowest BCUT2D eigenvalue weighted by Gasteiger charge is -2.09. The van der Waals surface area contributed by atoms with Crippen molar-refractivity contribution in [3.05, 3.63) is 42.0 Å². The highest BCUT2D eigenvalue weighted by molar-refractivity contribution is 5.33. The summed E-state index contributed by atoms with van der Waals surface area (Å²) in [5.41, 5.74) is 1.37. The molecule has 68 valence electrons. The zero-order chi connectivity index (χ0) is 9.10. The van der Waals surface area contributed by atoms with Crippen LogP contribution in [0.2, 0.25) is 0 Å². The molecule has 0 aliphatic heterocycles. The van der Waals surface area contributed by atoms with Crippen LogP contribution in [0.3, 0.4) is 0 Å². The lowest BCUT2D eigenvalue weighted by atomic mass is 9.99. The van der Waals surface area contributed by atoms with Crippen molar-refractivity contribution < 1.29 is 4.74 Å². The molecule has 1 heteroatoms. The van der Waals surface area contributed by atoms with Gasteiger partial charge in [-0.15, -0.1) is 0 Å². The van der Waals surface area contributed by atoms with E-state index in [-0.39, 0.29) is 0 Å². The van der Waals surface area contributed by atoms with Crippen LogP contribution in [-0.4, -0.2) is 7.11 Å². The van der Waals surface area contributed by atoms with Gasteiger partial charge in [-0.25, -0.2) is 0 Å². The summed E-state index contributed by atoms with van der Waals surface area (Å²) >= 11 is 0. The molecule has 0 bridgehead atoms. The first-order valence-corrected chi connectivity index (χ1v) is 4.71. The van der Waals surface area contributed by atoms with E-state index in [2.05, 4.69) is 30.4 Å². The number of benzene rings is 1. The third kappa shape index (κ3) is 1.74. The van der Waals surface area contributed by atoms with Crippen molar-refractivity contribution in [1.29, 1.82) is 0 Å². The quantitative estimate of drug-likeness (QED) is 0.626. The monoisotopic (exact) mass is 174 g/mol. The molecule has 0 fully saturated rings. The highest BCUT2D eigenvalue weighted by Gasteiger charge is 2.11. The van der Waals surface area contributed by atoms with Crippen LogP contribution in [0.5, 0.6) is 5.75 Å². The van der Waals surface area contributed by atoms with Gasteiger partial charge in [0.1, 0.15) is 5.75 Å². The molecule has 0 heterocycles. The molecule has 0 spiro atoms. The molecule has 0 saturated heterocycles. The molecular weight excluding hydrogens is 160 g/mol. The predicted molar refractivity (Wildman–Crippen MR) is 54.1 cm³/mol. The zero-order valence-electron chi connectivity index (χ0n) is 7.86. The molecule has 1 aliphatic rings. The molecule has 0 N–H and O–H groups in total. The van der Waals surface area contributed by atoms with Gasteiger partial charge in [0.25, 0.3) is 0 Å². The smallest absolute Gasteiger partial charge is 0.119 e. The first-order valence-electron chi connectivity index (χ1n) is 4.71. The Bertz CT molecular complexity index is 315. The summed E-state index contributed by atoms with van der Waals surface area (Å²) in [6, 6.07) is 8.34. The van der Waals surface area contributed by atoms with Crippen LogP contribution in [0.4, 0.5) is 0 Å². The third-order valence-corrected chi connectivity index (χ3v) is 2.53. The van der Waals surface area contributed by atoms with E-state index in [0.29, 0.717) is 5.92 Å². The minimum Gasteiger partial charge on any atom is -0.497 e. The fourth-order valence-corrected chi connectivity index (χ4v) is 1.78. The Morgan fingerprint density at radius 1 is 1.38 bits per heavy atom. The van der Waals surface area contributed by atoms with Crippen LogP contribution in [0.1, 0.15) is 24.3 Å². The largest absolute Gasteiger partial charge is 0.497 e. The van der Waals surface area contributed by atoms with E-state index < -0.39 is 0 Å². The molecule has 0 saturated carbocycles. The van der Waals surface area contributed by atoms with Gasteiger partial charge < -0.3 is 4.74 Å². The average Bonchev–Trinajstić information content (AvgIpc) is 2.71. The molecular formula is C12H14O. The van der Waals surface area contributed by atoms with Gasteiger partial charge in [0, 0.05) is 5.92 Å². The maximum atomic E-state index is 5.19. The van der Waals surface area contributed by atoms with E-state index in [1.807, 2.05) is 6.07 Å². The molecule has 1 aliphatic carbocycles. The number of hydrogen-bond donors (Lipinski definition) is 0. The van der Waals surface area contributed by atoms with Crippen molar-refractivity contribution in [2.75, 3.05) is 7.11 Å². The Hall–Kier alpha value is -1.24. The van der Waals surface area contributed by atoms with Crippen molar-refractivity contribution in [2.24, 2.45) is 0 Å². The molecule has 1 atom stereocenters. The van der Waals surface area contributed by atoms with Gasteiger partial charge in [-0.3, -0.25) is 0 Å². The standard InChI is InChI=1S/C12H14O/c1-13-12-8-4-7-11(9-12)10-5-2-3-6-10/h2,4-5,7-10H,3,6H2,1H3/t10-/m1/s1. The SMILES string of the molecule is COc1cccc([C@@H]2C=CCC2)c1. The van der Waals surface area contributed by atoms with Crippen molar-refractivity contribution in [1.82, 2.24) is 0 Å². The van der Waals surface area contributed by atoms with E-state index >= 15 is 0 Å². The summed E-state index contributed by atoms with van der Waals surface area (Å²) in [4.78, 5) is 0. The number of hydrogen-bond acceptors (Lipinski definition) is 1. The van der Waals surface area contributed by atoms with E-state index in [1.165, 1.54) is 18.4 Å². The van der Waals surface area contributed by atoms with Crippen molar-refractivity contribution >= 4 is 0 Å². The molecule has 1 aromatic rings. The van der Waals surface area contributed by atoms with Crippen molar-refractivity contribution in [3.63, 3.8) is 0 Å². The second-order valence-corrected chi connectivity index (χ2v) is 3.39. The summed E-state index contributed by atoms with van der Waals surface area (Å²) in [6.07, 6.45) is 6.99. The van der Waals surface area contributed by atoms with E-state index in [9.17, 15) is 0 Å². The predicted octanol–water partition coefficient (Wildman–Crippen LogP) is 3.13. The van der Waals surface area contributed by atoms with Crippen molar-refractivity contribution in [3.8, 4) is 5.75 Å². The number of allylic oxidation sites excluding steroid dienone is 2. The van der Waals surface area contributed by atoms with Crippen LogP contribution in [0.25, 0.3) is 0 Å². The first-order chi connectivity index (χ1) is 6.40. The van der Waals surface area contributed by atoms with Gasteiger partial charge in [-0.05, 0) is 30.5 Å². The fraction of sp³-hybridized carbons (Fsp3) is 0.333. The van der Waals surface area contributed by atoms with Crippen LogP contribution < -0.4 is 4.74 Å². The Kier molecular flexibility index (Phi) is 2.35. The number of ether oxygens (including phenoxy) is 1. The average molecular weight is 174 g/mol. The lowest BCUT2D eigenvalue weighted by Crippen LogP contribution is -1.91. The minimum atomic E-state index is 0.607. The highest BCUT2D eigenvalue weighted by Crippen LogP contribution is 2.29. The molecule has 2 rings (SSSR count). The molecule has 0 amide bonds. The topological polar surface area (TPSA) is 9.23 Å². The Morgan fingerprint density at radius 3 is 3.00 bits per heavy atom. The van der Waals surface area contributed by atoms with Crippen LogP contribution in [0, 0.1) is 0 Å². The molecule has 0 unspecified atom stereocenters. The van der Waals surface area contributed by atoms with Gasteiger partial charge in [0.15, 0.2) is 0 Å². The van der Waals surface area contributed by atoms with E-state index in [4.69, 9.17) is 4.74 Å². The zero-order valence-corrected chi connectivity index (χ0v) is 7.86. The molecule has 13 heavy (non-hydrogen) atoms. The molecule has 1 aromatic carbocycles. The maximum Gasteiger partial charge on any atom is 0.119 e. The van der Waals surface area contributed by atoms with Crippen LogP contribution in [0.15, 0.2) is 36.4 Å². The van der Waals surface area contributed by atoms with E-state index in [0.717, 1.165) is 5.75 Å². The Balaban J connectivity index is 2.24. The number of methoxy groups -OCH3 is 1. The Morgan fingerprint density at radius 2 is 2.31 bits per heavy atom. The normalized spacial score (nSPS) is 20.5. The molecule has 0 radical (unpaired) electrons. The third-order valence-electron chi connectivity index (χ3n) is 2.53. The fourth-order valence-electron chi connectivity index (χ4n) is 1.78. The summed E-state index contributed by atoms with van der Waals surface area (Å²) in [7, 11) is 1.71. The van der Waals surface area contributed by atoms with E-state index in [1.54, 1.807) is 7.11 Å². The van der Waals surface area contributed by atoms with Crippen LogP contribution >= 0.6 is 0 Å². The highest BCUT2D eigenvalue weighted by atomic mass is 16.5. The van der Waals surface area contributed by atoms with Crippen LogP contribution in [-0.2, 0) is 0 Å². The molecule has 1 nitrogen and oxygen atoms in total. The Labute approximate surface area is 79.0 Å². The maximum absolute atomic E-state index is 5.19. The van der Waals surface area contributed by atoms with Gasteiger partial charge in [0.2, 0.25) is 0 Å². The second-order valence-electron chi connectivity index (χ2n) is 3.39. The first kappa shape index (κ1) is 8.36. The van der Waals surface area contributed by atoms with Gasteiger partial charge >= 0.3 is 0 Å². The van der Waals surface area contributed by atoms with Crippen molar-refractivity contribution in [2.45, 2.75) is 18.8 Å². The molecule has 0 aromatic heterocycles. The van der Waals surface area contributed by atoms with Gasteiger partial charge in [-0.2, -0.15) is 0 Å². The van der Waals surface area contributed by atoms with Gasteiger partial charge in [0.05, 0.1) is 7.11 Å². The summed E-state index contributed by atoms with van der Waals surface area (Å²) < 4.78 is 5.19. The lowest BCUT2D eigenvalue weighted by molar-refractivity contribution is 0.414. The second kappa shape index (κ2) is 3.65. The summed E-state index contributed by atoms with van der Waals surface area (Å²) in [5.74, 6) is 1.56. The summed E-state index contributed by atoms with van der Waals surface area (Å²) in [5, 5.41) is 0. The number of rotatable bonds is 2. The van der Waals surface area contributed by atoms with Gasteiger partial charge in [-0.1, -0.05) is 24.3 Å². The minimum absolute atomic E-state index is 0.607. The summed E-state index contributed by atoms with van der Waals surface area (Å²) in [6.45, 7) is 0.